The van der Waals surface area contributed by atoms with Crippen molar-refractivity contribution in [2.45, 2.75) is 25.5 Å². The fourth-order valence-corrected chi connectivity index (χ4v) is 2.55. The molecule has 1 aliphatic rings. The SMILES string of the molecule is CCC1CN(CC(NC)c2ccccc2F)CCO1. The van der Waals surface area contributed by atoms with Gasteiger partial charge < -0.3 is 10.1 Å². The third-order valence-corrected chi connectivity index (χ3v) is 3.75. The maximum atomic E-state index is 13.8. The summed E-state index contributed by atoms with van der Waals surface area (Å²) in [6, 6.07) is 7.02. The Morgan fingerprint density at radius 3 is 2.95 bits per heavy atom. The van der Waals surface area contributed by atoms with Crippen LogP contribution in [-0.4, -0.2) is 44.3 Å². The van der Waals surface area contributed by atoms with E-state index in [1.807, 2.05) is 19.2 Å². The van der Waals surface area contributed by atoms with Crippen molar-refractivity contribution in [2.75, 3.05) is 33.3 Å². The lowest BCUT2D eigenvalue weighted by Crippen LogP contribution is -2.45. The van der Waals surface area contributed by atoms with E-state index in [4.69, 9.17) is 4.74 Å². The maximum absolute atomic E-state index is 13.8. The van der Waals surface area contributed by atoms with Crippen LogP contribution in [0.1, 0.15) is 24.9 Å². The average molecular weight is 266 g/mol. The van der Waals surface area contributed by atoms with Gasteiger partial charge in [0.15, 0.2) is 0 Å². The minimum atomic E-state index is -0.137. The quantitative estimate of drug-likeness (QED) is 0.884. The van der Waals surface area contributed by atoms with E-state index in [1.54, 1.807) is 6.07 Å². The number of rotatable bonds is 5. The van der Waals surface area contributed by atoms with E-state index >= 15 is 0 Å². The normalized spacial score (nSPS) is 22.4. The molecule has 0 radical (unpaired) electrons. The molecule has 2 rings (SSSR count). The standard InChI is InChI=1S/C15H23FN2O/c1-3-12-10-18(8-9-19-12)11-15(17-2)13-6-4-5-7-14(13)16/h4-7,12,15,17H,3,8-11H2,1-2H3. The van der Waals surface area contributed by atoms with E-state index in [9.17, 15) is 4.39 Å². The highest BCUT2D eigenvalue weighted by Crippen LogP contribution is 2.19. The molecule has 0 aliphatic carbocycles. The van der Waals surface area contributed by atoms with Gasteiger partial charge in [0.25, 0.3) is 0 Å². The summed E-state index contributed by atoms with van der Waals surface area (Å²) < 4.78 is 19.5. The Balaban J connectivity index is 2.01. The molecule has 3 nitrogen and oxygen atoms in total. The van der Waals surface area contributed by atoms with Gasteiger partial charge in [-0.2, -0.15) is 0 Å². The van der Waals surface area contributed by atoms with Crippen molar-refractivity contribution < 1.29 is 9.13 Å². The second-order valence-corrected chi connectivity index (χ2v) is 5.02. The lowest BCUT2D eigenvalue weighted by Gasteiger charge is -2.34. The van der Waals surface area contributed by atoms with E-state index in [0.29, 0.717) is 6.10 Å². The topological polar surface area (TPSA) is 24.5 Å². The maximum Gasteiger partial charge on any atom is 0.128 e. The van der Waals surface area contributed by atoms with E-state index in [-0.39, 0.29) is 11.9 Å². The van der Waals surface area contributed by atoms with Crippen LogP contribution >= 0.6 is 0 Å². The van der Waals surface area contributed by atoms with E-state index in [1.165, 1.54) is 6.07 Å². The molecule has 2 unspecified atom stereocenters. The van der Waals surface area contributed by atoms with Crippen molar-refractivity contribution in [2.24, 2.45) is 0 Å². The molecule has 1 saturated heterocycles. The predicted octanol–water partition coefficient (Wildman–Crippen LogP) is 2.20. The van der Waals surface area contributed by atoms with Gasteiger partial charge in [-0.15, -0.1) is 0 Å². The monoisotopic (exact) mass is 266 g/mol. The Labute approximate surface area is 114 Å². The highest BCUT2D eigenvalue weighted by Gasteiger charge is 2.23. The lowest BCUT2D eigenvalue weighted by molar-refractivity contribution is -0.0321. The number of likely N-dealkylation sites (N-methyl/N-ethyl adjacent to an activating group) is 1. The third kappa shape index (κ3) is 3.75. The first-order valence-corrected chi connectivity index (χ1v) is 7.00. The summed E-state index contributed by atoms with van der Waals surface area (Å²) in [7, 11) is 1.88. The molecule has 1 heterocycles. The number of morpholine rings is 1. The second kappa shape index (κ2) is 6.98. The van der Waals surface area contributed by atoms with Crippen LogP contribution in [0.2, 0.25) is 0 Å². The van der Waals surface area contributed by atoms with Crippen LogP contribution in [-0.2, 0) is 4.74 Å². The highest BCUT2D eigenvalue weighted by atomic mass is 19.1. The molecule has 0 amide bonds. The molecule has 1 aromatic carbocycles. The first-order chi connectivity index (χ1) is 9.24. The molecule has 1 aromatic rings. The zero-order chi connectivity index (χ0) is 13.7. The van der Waals surface area contributed by atoms with Crippen molar-refractivity contribution in [3.63, 3.8) is 0 Å². The molecule has 19 heavy (non-hydrogen) atoms. The molecule has 1 fully saturated rings. The minimum Gasteiger partial charge on any atom is -0.376 e. The molecule has 2 atom stereocenters. The first kappa shape index (κ1) is 14.4. The molecule has 0 spiro atoms. The molecule has 4 heteroatoms. The second-order valence-electron chi connectivity index (χ2n) is 5.02. The van der Waals surface area contributed by atoms with Crippen LogP contribution < -0.4 is 5.32 Å². The van der Waals surface area contributed by atoms with Crippen LogP contribution in [0.15, 0.2) is 24.3 Å². The molecule has 106 valence electrons. The number of nitrogens with one attached hydrogen (secondary N) is 1. The van der Waals surface area contributed by atoms with E-state index in [0.717, 1.165) is 38.2 Å². The Morgan fingerprint density at radius 2 is 2.26 bits per heavy atom. The van der Waals surface area contributed by atoms with Crippen LogP contribution in [0.5, 0.6) is 0 Å². The van der Waals surface area contributed by atoms with Gasteiger partial charge in [-0.1, -0.05) is 25.1 Å². The Morgan fingerprint density at radius 1 is 1.47 bits per heavy atom. The summed E-state index contributed by atoms with van der Waals surface area (Å²) in [5, 5.41) is 3.22. The van der Waals surface area contributed by atoms with Crippen LogP contribution in [0.4, 0.5) is 4.39 Å². The summed E-state index contributed by atoms with van der Waals surface area (Å²) in [6.45, 7) is 5.58. The summed E-state index contributed by atoms with van der Waals surface area (Å²) in [5.74, 6) is -0.137. The van der Waals surface area contributed by atoms with Crippen molar-refractivity contribution in [1.82, 2.24) is 10.2 Å². The van der Waals surface area contributed by atoms with Crippen LogP contribution in [0, 0.1) is 5.82 Å². The van der Waals surface area contributed by atoms with Gasteiger partial charge in [0.1, 0.15) is 5.82 Å². The van der Waals surface area contributed by atoms with Gasteiger partial charge >= 0.3 is 0 Å². The average Bonchev–Trinajstić information content (AvgIpc) is 2.46. The van der Waals surface area contributed by atoms with Crippen LogP contribution in [0.3, 0.4) is 0 Å². The van der Waals surface area contributed by atoms with E-state index in [2.05, 4.69) is 17.1 Å². The molecule has 0 bridgehead atoms. The number of halogens is 1. The molecule has 1 aliphatic heterocycles. The van der Waals surface area contributed by atoms with Crippen LogP contribution in [0.25, 0.3) is 0 Å². The zero-order valence-corrected chi connectivity index (χ0v) is 11.7. The highest BCUT2D eigenvalue weighted by molar-refractivity contribution is 5.21. The summed E-state index contributed by atoms with van der Waals surface area (Å²) in [6.07, 6.45) is 1.34. The smallest absolute Gasteiger partial charge is 0.128 e. The first-order valence-electron chi connectivity index (χ1n) is 7.00. The van der Waals surface area contributed by atoms with Gasteiger partial charge in [0.2, 0.25) is 0 Å². The summed E-state index contributed by atoms with van der Waals surface area (Å²) in [4.78, 5) is 2.35. The van der Waals surface area contributed by atoms with Gasteiger partial charge in [0.05, 0.1) is 12.7 Å². The predicted molar refractivity (Wildman–Crippen MR) is 74.7 cm³/mol. The number of benzene rings is 1. The lowest BCUT2D eigenvalue weighted by atomic mass is 10.1. The summed E-state index contributed by atoms with van der Waals surface area (Å²) in [5.41, 5.74) is 0.740. The van der Waals surface area contributed by atoms with E-state index < -0.39 is 0 Å². The third-order valence-electron chi connectivity index (χ3n) is 3.75. The fraction of sp³-hybridized carbons (Fsp3) is 0.600. The number of hydrogen-bond acceptors (Lipinski definition) is 3. The molecule has 1 N–H and O–H groups in total. The number of ether oxygens (including phenoxy) is 1. The molecular weight excluding hydrogens is 243 g/mol. The Hall–Kier alpha value is -0.970. The number of hydrogen-bond donors (Lipinski definition) is 1. The summed E-state index contributed by atoms with van der Waals surface area (Å²) >= 11 is 0. The fourth-order valence-electron chi connectivity index (χ4n) is 2.55. The van der Waals surface area contributed by atoms with Crippen molar-refractivity contribution in [3.8, 4) is 0 Å². The minimum absolute atomic E-state index is 0.0248. The van der Waals surface area contributed by atoms with Crippen molar-refractivity contribution >= 4 is 0 Å². The molecule has 0 aromatic heterocycles. The van der Waals surface area contributed by atoms with Gasteiger partial charge in [0, 0.05) is 31.2 Å². The van der Waals surface area contributed by atoms with Gasteiger partial charge in [-0.3, -0.25) is 4.90 Å². The largest absolute Gasteiger partial charge is 0.376 e. The number of nitrogens with zero attached hydrogens (tertiary/aromatic N) is 1. The molecule has 0 saturated carbocycles. The zero-order valence-electron chi connectivity index (χ0n) is 11.7. The van der Waals surface area contributed by atoms with Gasteiger partial charge in [-0.25, -0.2) is 4.39 Å². The Bertz CT molecular complexity index is 399. The van der Waals surface area contributed by atoms with Gasteiger partial charge in [-0.05, 0) is 19.5 Å². The Kier molecular flexibility index (Phi) is 5.31. The van der Waals surface area contributed by atoms with Crippen molar-refractivity contribution in [3.05, 3.63) is 35.6 Å². The van der Waals surface area contributed by atoms with Crippen molar-refractivity contribution in [1.29, 1.82) is 0 Å². The molecular formula is C15H23FN2O.